The molecule has 0 aliphatic heterocycles. The van der Waals surface area contributed by atoms with Gasteiger partial charge in [0.15, 0.2) is 0 Å². The third-order valence-corrected chi connectivity index (χ3v) is 5.07. The van der Waals surface area contributed by atoms with Crippen molar-refractivity contribution in [2.24, 2.45) is 5.73 Å². The molecule has 148 valence electrons. The van der Waals surface area contributed by atoms with Crippen LogP contribution >= 0.6 is 0 Å². The topological polar surface area (TPSA) is 107 Å². The molecule has 29 heavy (non-hydrogen) atoms. The van der Waals surface area contributed by atoms with Gasteiger partial charge in [0.1, 0.15) is 17.7 Å². The van der Waals surface area contributed by atoms with Crippen molar-refractivity contribution < 1.29 is 13.6 Å². The van der Waals surface area contributed by atoms with Gasteiger partial charge >= 0.3 is 0 Å². The molecule has 0 atom stereocenters. The average molecular weight is 396 g/mol. The van der Waals surface area contributed by atoms with E-state index in [2.05, 4.69) is 25.3 Å². The Balaban J connectivity index is 1.50. The third-order valence-electron chi connectivity index (χ3n) is 5.07. The molecule has 7 nitrogen and oxygen atoms in total. The van der Waals surface area contributed by atoms with Crippen LogP contribution in [-0.4, -0.2) is 38.6 Å². The molecule has 1 aliphatic rings. The normalized spacial score (nSPS) is 20.7. The molecule has 1 fully saturated rings. The molecule has 3 aromatic heterocycles. The molecule has 0 radical (unpaired) electrons. The molecular weight excluding hydrogens is 378 g/mol. The van der Waals surface area contributed by atoms with Gasteiger partial charge in [0.2, 0.25) is 5.95 Å². The number of pyridine rings is 2. The number of primary amides is 1. The Hall–Kier alpha value is -3.49. The number of nitrogens with one attached hydrogen (secondary N) is 1. The molecule has 4 rings (SSSR count). The van der Waals surface area contributed by atoms with E-state index in [0.717, 1.165) is 0 Å². The van der Waals surface area contributed by atoms with Gasteiger partial charge in [-0.3, -0.25) is 14.8 Å². The number of amides is 1. The second-order valence-electron chi connectivity index (χ2n) is 7.06. The van der Waals surface area contributed by atoms with Gasteiger partial charge in [-0.2, -0.15) is 0 Å². The zero-order valence-corrected chi connectivity index (χ0v) is 15.3. The van der Waals surface area contributed by atoms with Crippen molar-refractivity contribution in [1.29, 1.82) is 0 Å². The minimum absolute atomic E-state index is 0.148. The second kappa shape index (κ2) is 7.50. The van der Waals surface area contributed by atoms with Crippen molar-refractivity contribution in [2.75, 3.05) is 11.9 Å². The van der Waals surface area contributed by atoms with Crippen LogP contribution in [-0.2, 0) is 5.41 Å². The largest absolute Gasteiger partial charge is 0.364 e. The number of carbonyl (C=O) groups excluding carboxylic acids is 1. The van der Waals surface area contributed by atoms with Gasteiger partial charge in [-0.05, 0) is 42.7 Å². The molecule has 1 aliphatic carbocycles. The second-order valence-corrected chi connectivity index (χ2v) is 7.06. The number of aromatic nitrogens is 4. The number of rotatable bonds is 6. The lowest BCUT2D eigenvalue weighted by atomic mass is 9.65. The van der Waals surface area contributed by atoms with Gasteiger partial charge in [-0.25, -0.2) is 18.7 Å². The summed E-state index contributed by atoms with van der Waals surface area (Å²) in [6.45, 7) is 0.266. The smallest absolute Gasteiger partial charge is 0.267 e. The monoisotopic (exact) mass is 396 g/mol. The minimum atomic E-state index is -0.979. The van der Waals surface area contributed by atoms with Gasteiger partial charge in [0, 0.05) is 42.3 Å². The van der Waals surface area contributed by atoms with E-state index in [9.17, 15) is 13.6 Å². The predicted octanol–water partition coefficient (Wildman–Crippen LogP) is 2.65. The van der Waals surface area contributed by atoms with Crippen molar-refractivity contribution in [3.63, 3.8) is 0 Å². The first-order valence-electron chi connectivity index (χ1n) is 9.04. The summed E-state index contributed by atoms with van der Waals surface area (Å²) in [5, 5.41) is 3.06. The van der Waals surface area contributed by atoms with Crippen LogP contribution in [0.3, 0.4) is 0 Å². The summed E-state index contributed by atoms with van der Waals surface area (Å²) in [5.41, 5.74) is 6.31. The van der Waals surface area contributed by atoms with Crippen molar-refractivity contribution in [3.05, 3.63) is 66.3 Å². The van der Waals surface area contributed by atoms with Crippen molar-refractivity contribution in [3.8, 4) is 11.1 Å². The maximum atomic E-state index is 14.2. The average Bonchev–Trinajstić information content (AvgIpc) is 2.71. The van der Waals surface area contributed by atoms with Crippen molar-refractivity contribution in [1.82, 2.24) is 19.9 Å². The SMILES string of the molecule is NC(=O)c1cc(-c2cnc(NC[C@]3(c4ncccc4F)C[C@@H](F)C3)nc2)ccn1. The first kappa shape index (κ1) is 18.9. The van der Waals surface area contributed by atoms with E-state index in [1.54, 1.807) is 24.5 Å². The summed E-state index contributed by atoms with van der Waals surface area (Å²) in [7, 11) is 0. The molecular formula is C20H18F2N6O. The van der Waals surface area contributed by atoms with Crippen LogP contribution in [0.2, 0.25) is 0 Å². The fraction of sp³-hybridized carbons (Fsp3) is 0.250. The van der Waals surface area contributed by atoms with Gasteiger partial charge in [-0.1, -0.05) is 0 Å². The minimum Gasteiger partial charge on any atom is -0.364 e. The lowest BCUT2D eigenvalue weighted by molar-refractivity contribution is 0.0963. The van der Waals surface area contributed by atoms with E-state index in [4.69, 9.17) is 5.73 Å². The Morgan fingerprint density at radius 1 is 1.14 bits per heavy atom. The highest BCUT2D eigenvalue weighted by Crippen LogP contribution is 2.45. The maximum Gasteiger partial charge on any atom is 0.267 e. The number of nitrogens with zero attached hydrogens (tertiary/aromatic N) is 4. The van der Waals surface area contributed by atoms with E-state index in [1.807, 2.05) is 0 Å². The van der Waals surface area contributed by atoms with Crippen LogP contribution in [0, 0.1) is 5.82 Å². The highest BCUT2D eigenvalue weighted by Gasteiger charge is 2.48. The van der Waals surface area contributed by atoms with Gasteiger partial charge in [0.25, 0.3) is 5.91 Å². The number of anilines is 1. The van der Waals surface area contributed by atoms with Crippen LogP contribution < -0.4 is 11.1 Å². The molecule has 0 unspecified atom stereocenters. The number of alkyl halides is 1. The molecule has 0 aromatic carbocycles. The summed E-state index contributed by atoms with van der Waals surface area (Å²) < 4.78 is 27.8. The lowest BCUT2D eigenvalue weighted by Gasteiger charge is -2.43. The van der Waals surface area contributed by atoms with E-state index < -0.39 is 23.3 Å². The maximum absolute atomic E-state index is 14.2. The van der Waals surface area contributed by atoms with Gasteiger partial charge in [0.05, 0.1) is 5.69 Å². The number of halogens is 2. The highest BCUT2D eigenvalue weighted by molar-refractivity contribution is 5.91. The molecule has 3 aromatic rings. The van der Waals surface area contributed by atoms with Gasteiger partial charge in [-0.15, -0.1) is 0 Å². The number of hydrogen-bond donors (Lipinski definition) is 2. The third kappa shape index (κ3) is 3.75. The number of nitrogens with two attached hydrogens (primary N) is 1. The Bertz CT molecular complexity index is 1040. The van der Waals surface area contributed by atoms with Crippen LogP contribution in [0.1, 0.15) is 29.0 Å². The van der Waals surface area contributed by atoms with Crippen LogP contribution in [0.4, 0.5) is 14.7 Å². The molecule has 1 amide bonds. The summed E-state index contributed by atoms with van der Waals surface area (Å²) in [5.74, 6) is -0.735. The number of hydrogen-bond acceptors (Lipinski definition) is 6. The fourth-order valence-corrected chi connectivity index (χ4v) is 3.55. The Kier molecular flexibility index (Phi) is 4.87. The summed E-state index contributed by atoms with van der Waals surface area (Å²) >= 11 is 0. The molecule has 0 saturated heterocycles. The van der Waals surface area contributed by atoms with E-state index >= 15 is 0 Å². The molecule has 9 heteroatoms. The lowest BCUT2D eigenvalue weighted by Crippen LogP contribution is -2.49. The molecule has 0 spiro atoms. The quantitative estimate of drug-likeness (QED) is 0.663. The van der Waals surface area contributed by atoms with E-state index in [0.29, 0.717) is 17.1 Å². The zero-order chi connectivity index (χ0) is 20.4. The molecule has 3 heterocycles. The first-order valence-corrected chi connectivity index (χ1v) is 9.04. The van der Waals surface area contributed by atoms with Crippen molar-refractivity contribution in [2.45, 2.75) is 24.4 Å². The fourth-order valence-electron chi connectivity index (χ4n) is 3.55. The zero-order valence-electron chi connectivity index (χ0n) is 15.3. The Labute approximate surface area is 165 Å². The molecule has 1 saturated carbocycles. The molecule has 0 bridgehead atoms. The first-order chi connectivity index (χ1) is 14.0. The predicted molar refractivity (Wildman–Crippen MR) is 102 cm³/mol. The Morgan fingerprint density at radius 3 is 2.55 bits per heavy atom. The van der Waals surface area contributed by atoms with Crippen molar-refractivity contribution >= 4 is 11.9 Å². The van der Waals surface area contributed by atoms with Crippen LogP contribution in [0.15, 0.2) is 49.1 Å². The summed E-state index contributed by atoms with van der Waals surface area (Å²) in [6, 6.07) is 6.11. The van der Waals surface area contributed by atoms with Crippen LogP contribution in [0.5, 0.6) is 0 Å². The van der Waals surface area contributed by atoms with Gasteiger partial charge < -0.3 is 11.1 Å². The standard InChI is InChI=1S/C20H18F2N6O/c21-14-7-20(8-14,17-15(22)2-1-4-25-17)11-28-19-26-9-13(10-27-19)12-3-5-24-16(6-12)18(23)29/h1-6,9-10,14H,7-8,11H2,(H2,23,29)(H,26,27,28)/t14-,20+. The molecule has 3 N–H and O–H groups in total. The number of carbonyl (C=O) groups is 1. The summed E-state index contributed by atoms with van der Waals surface area (Å²) in [6.07, 6.45) is 5.57. The van der Waals surface area contributed by atoms with Crippen LogP contribution in [0.25, 0.3) is 11.1 Å². The van der Waals surface area contributed by atoms with E-state index in [1.165, 1.54) is 24.5 Å². The summed E-state index contributed by atoms with van der Waals surface area (Å²) in [4.78, 5) is 27.8. The Morgan fingerprint density at radius 2 is 1.90 bits per heavy atom. The van der Waals surface area contributed by atoms with E-state index in [-0.39, 0.29) is 30.8 Å². The highest BCUT2D eigenvalue weighted by atomic mass is 19.1.